The molecule has 2 rings (SSSR count). The van der Waals surface area contributed by atoms with Crippen LogP contribution in [0.1, 0.15) is 36.2 Å². The van der Waals surface area contributed by atoms with Crippen LogP contribution in [0.3, 0.4) is 0 Å². The first kappa shape index (κ1) is 14.4. The number of hydrogen-bond donors (Lipinski definition) is 1. The Hall–Kier alpha value is -1.06. The average Bonchev–Trinajstić information content (AvgIpc) is 2.79. The molecule has 0 atom stereocenters. The van der Waals surface area contributed by atoms with Gasteiger partial charge in [-0.1, -0.05) is 38.4 Å². The maximum absolute atomic E-state index is 6.17. The topological polar surface area (TPSA) is 24.9 Å². The number of rotatable bonds is 3. The van der Waals surface area contributed by atoms with E-state index in [9.17, 15) is 0 Å². The highest BCUT2D eigenvalue weighted by Gasteiger charge is 2.17. The first-order chi connectivity index (χ1) is 8.86. The van der Waals surface area contributed by atoms with Gasteiger partial charge in [0.2, 0.25) is 0 Å². The van der Waals surface area contributed by atoms with Crippen molar-refractivity contribution in [2.24, 2.45) is 0 Å². The van der Waals surface area contributed by atoms with Crippen molar-refractivity contribution in [3.05, 3.63) is 44.9 Å². The fourth-order valence-corrected chi connectivity index (χ4v) is 2.79. The molecule has 0 bridgehead atoms. The minimum absolute atomic E-state index is 0.115. The van der Waals surface area contributed by atoms with Crippen molar-refractivity contribution in [2.45, 2.75) is 39.7 Å². The summed E-state index contributed by atoms with van der Waals surface area (Å²) in [6.45, 7) is 9.37. The van der Waals surface area contributed by atoms with E-state index in [1.54, 1.807) is 11.3 Å². The smallest absolute Gasteiger partial charge is 0.0981 e. The van der Waals surface area contributed by atoms with Crippen LogP contribution in [0, 0.1) is 6.92 Å². The molecule has 1 aromatic carbocycles. The number of nitrogens with one attached hydrogen (secondary N) is 1. The third-order valence-corrected chi connectivity index (χ3v) is 4.52. The van der Waals surface area contributed by atoms with Crippen molar-refractivity contribution >= 4 is 28.6 Å². The molecule has 2 nitrogen and oxygen atoms in total. The number of halogens is 1. The minimum Gasteiger partial charge on any atom is -0.379 e. The van der Waals surface area contributed by atoms with Gasteiger partial charge in [-0.25, -0.2) is 4.98 Å². The zero-order valence-electron chi connectivity index (χ0n) is 11.7. The highest BCUT2D eigenvalue weighted by atomic mass is 35.5. The van der Waals surface area contributed by atoms with Crippen LogP contribution >= 0.6 is 22.9 Å². The van der Waals surface area contributed by atoms with Gasteiger partial charge in [-0.2, -0.15) is 0 Å². The van der Waals surface area contributed by atoms with Crippen molar-refractivity contribution in [3.63, 3.8) is 0 Å². The third-order valence-electron chi connectivity index (χ3n) is 2.77. The third kappa shape index (κ3) is 3.71. The van der Waals surface area contributed by atoms with Crippen molar-refractivity contribution in [1.82, 2.24) is 4.98 Å². The van der Waals surface area contributed by atoms with Crippen molar-refractivity contribution in [1.29, 1.82) is 0 Å². The largest absolute Gasteiger partial charge is 0.379 e. The van der Waals surface area contributed by atoms with Gasteiger partial charge >= 0.3 is 0 Å². The Balaban J connectivity index is 2.06. The van der Waals surface area contributed by atoms with Crippen molar-refractivity contribution < 1.29 is 0 Å². The highest BCUT2D eigenvalue weighted by molar-refractivity contribution is 7.11. The molecule has 102 valence electrons. The molecule has 0 unspecified atom stereocenters. The molecule has 2 aromatic rings. The number of aromatic nitrogens is 1. The Morgan fingerprint density at radius 1 is 1.32 bits per heavy atom. The summed E-state index contributed by atoms with van der Waals surface area (Å²) < 4.78 is 0. The number of benzene rings is 1. The lowest BCUT2D eigenvalue weighted by Crippen LogP contribution is -2.09. The summed E-state index contributed by atoms with van der Waals surface area (Å²) in [4.78, 5) is 5.71. The summed E-state index contributed by atoms with van der Waals surface area (Å²) in [5.74, 6) is 0. The van der Waals surface area contributed by atoms with Crippen LogP contribution in [-0.2, 0) is 12.0 Å². The molecule has 0 saturated heterocycles. The van der Waals surface area contributed by atoms with E-state index in [1.807, 2.05) is 18.3 Å². The van der Waals surface area contributed by atoms with Gasteiger partial charge in [0.1, 0.15) is 0 Å². The molecule has 0 radical (unpaired) electrons. The molecule has 0 aliphatic carbocycles. The molecule has 0 fully saturated rings. The predicted molar refractivity (Wildman–Crippen MR) is 84.3 cm³/mol. The van der Waals surface area contributed by atoms with E-state index in [0.29, 0.717) is 0 Å². The van der Waals surface area contributed by atoms with Gasteiger partial charge in [0.05, 0.1) is 22.3 Å². The Morgan fingerprint density at radius 2 is 2.05 bits per heavy atom. The van der Waals surface area contributed by atoms with Crippen LogP contribution in [0.15, 0.2) is 24.4 Å². The predicted octanol–water partition coefficient (Wildman–Crippen LogP) is 5.01. The Kier molecular flexibility index (Phi) is 4.16. The summed E-state index contributed by atoms with van der Waals surface area (Å²) in [5.41, 5.74) is 2.29. The van der Waals surface area contributed by atoms with Crippen molar-refractivity contribution in [3.8, 4) is 0 Å². The minimum atomic E-state index is 0.115. The fraction of sp³-hybridized carbons (Fsp3) is 0.400. The number of hydrogen-bond acceptors (Lipinski definition) is 3. The zero-order valence-corrected chi connectivity index (χ0v) is 13.3. The van der Waals surface area contributed by atoms with E-state index in [2.05, 4.69) is 44.1 Å². The molecule has 0 aliphatic heterocycles. The second kappa shape index (κ2) is 5.51. The second-order valence-electron chi connectivity index (χ2n) is 5.72. The first-order valence-electron chi connectivity index (χ1n) is 6.31. The van der Waals surface area contributed by atoms with E-state index in [1.165, 1.54) is 15.4 Å². The molecule has 0 spiro atoms. The van der Waals surface area contributed by atoms with Gasteiger partial charge in [-0.05, 0) is 24.6 Å². The fourth-order valence-electron chi connectivity index (χ4n) is 1.69. The molecule has 19 heavy (non-hydrogen) atoms. The van der Waals surface area contributed by atoms with Crippen LogP contribution in [0.25, 0.3) is 0 Å². The molecule has 1 heterocycles. The molecule has 0 amide bonds. The Bertz CT molecular complexity index is 570. The van der Waals surface area contributed by atoms with Gasteiger partial charge in [-0.3, -0.25) is 0 Å². The Labute approximate surface area is 123 Å². The lowest BCUT2D eigenvalue weighted by Gasteiger charge is -2.13. The maximum atomic E-state index is 6.17. The summed E-state index contributed by atoms with van der Waals surface area (Å²) in [6.07, 6.45) is 1.95. The molecular formula is C15H19ClN2S. The normalized spacial score (nSPS) is 11.6. The summed E-state index contributed by atoms with van der Waals surface area (Å²) in [7, 11) is 0. The van der Waals surface area contributed by atoms with Crippen LogP contribution in [0.2, 0.25) is 5.02 Å². The van der Waals surface area contributed by atoms with E-state index in [0.717, 1.165) is 17.3 Å². The van der Waals surface area contributed by atoms with E-state index >= 15 is 0 Å². The second-order valence-corrected chi connectivity index (χ2v) is 7.24. The standard InChI is InChI=1S/C15H19ClN2S/c1-10-5-6-12(16)13(7-10)17-8-11-9-18-14(19-11)15(2,3)4/h5-7,9,17H,8H2,1-4H3. The zero-order chi connectivity index (χ0) is 14.0. The van der Waals surface area contributed by atoms with E-state index < -0.39 is 0 Å². The molecule has 0 saturated carbocycles. The van der Waals surface area contributed by atoms with Crippen molar-refractivity contribution in [2.75, 3.05) is 5.32 Å². The molecule has 1 N–H and O–H groups in total. The molecule has 0 aliphatic rings. The SMILES string of the molecule is Cc1ccc(Cl)c(NCc2cnc(C(C)(C)C)s2)c1. The Morgan fingerprint density at radius 3 is 2.68 bits per heavy atom. The summed E-state index contributed by atoms with van der Waals surface area (Å²) >= 11 is 7.92. The lowest BCUT2D eigenvalue weighted by atomic mass is 9.98. The first-order valence-corrected chi connectivity index (χ1v) is 7.51. The van der Waals surface area contributed by atoms with Gasteiger partial charge in [0, 0.05) is 16.5 Å². The van der Waals surface area contributed by atoms with Crippen LogP contribution in [-0.4, -0.2) is 4.98 Å². The number of nitrogens with zero attached hydrogens (tertiary/aromatic N) is 1. The monoisotopic (exact) mass is 294 g/mol. The highest BCUT2D eigenvalue weighted by Crippen LogP contribution is 2.28. The maximum Gasteiger partial charge on any atom is 0.0981 e. The molecule has 1 aromatic heterocycles. The van der Waals surface area contributed by atoms with E-state index in [-0.39, 0.29) is 5.41 Å². The average molecular weight is 295 g/mol. The van der Waals surface area contributed by atoms with Gasteiger partial charge in [-0.15, -0.1) is 11.3 Å². The number of anilines is 1. The summed E-state index contributed by atoms with van der Waals surface area (Å²) in [5, 5.41) is 5.30. The number of aryl methyl sites for hydroxylation is 1. The lowest BCUT2D eigenvalue weighted by molar-refractivity contribution is 0.585. The molecular weight excluding hydrogens is 276 g/mol. The quantitative estimate of drug-likeness (QED) is 0.860. The van der Waals surface area contributed by atoms with E-state index in [4.69, 9.17) is 11.6 Å². The van der Waals surface area contributed by atoms with Gasteiger partial charge < -0.3 is 5.32 Å². The van der Waals surface area contributed by atoms with Crippen LogP contribution in [0.4, 0.5) is 5.69 Å². The van der Waals surface area contributed by atoms with Gasteiger partial charge in [0.15, 0.2) is 0 Å². The van der Waals surface area contributed by atoms with Crippen LogP contribution < -0.4 is 5.32 Å². The van der Waals surface area contributed by atoms with Gasteiger partial charge in [0.25, 0.3) is 0 Å². The molecule has 4 heteroatoms. The number of thiazole rings is 1. The van der Waals surface area contributed by atoms with Crippen LogP contribution in [0.5, 0.6) is 0 Å². The summed E-state index contributed by atoms with van der Waals surface area (Å²) in [6, 6.07) is 6.00.